The van der Waals surface area contributed by atoms with Gasteiger partial charge >= 0.3 is 0 Å². The van der Waals surface area contributed by atoms with Crippen LogP contribution < -0.4 is 10.7 Å². The van der Waals surface area contributed by atoms with Gasteiger partial charge in [0.05, 0.1) is 16.6 Å². The number of thiazole rings is 1. The summed E-state index contributed by atoms with van der Waals surface area (Å²) in [5.74, 6) is 0.0676. The zero-order valence-corrected chi connectivity index (χ0v) is 15.6. The van der Waals surface area contributed by atoms with Crippen molar-refractivity contribution < 1.29 is 9.21 Å². The van der Waals surface area contributed by atoms with E-state index in [1.54, 1.807) is 29.1 Å². The van der Waals surface area contributed by atoms with E-state index in [-0.39, 0.29) is 11.3 Å². The van der Waals surface area contributed by atoms with Gasteiger partial charge in [-0.2, -0.15) is 0 Å². The third kappa shape index (κ3) is 3.07. The number of benzene rings is 2. The molecule has 7 heteroatoms. The highest BCUT2D eigenvalue weighted by Crippen LogP contribution is 2.31. The van der Waals surface area contributed by atoms with Gasteiger partial charge in [0.1, 0.15) is 11.5 Å². The molecular formula is C19H11BrN2O3S. The molecule has 1 amide bonds. The van der Waals surface area contributed by atoms with Crippen molar-refractivity contribution in [3.63, 3.8) is 0 Å². The van der Waals surface area contributed by atoms with Crippen LogP contribution in [-0.2, 0) is 0 Å². The van der Waals surface area contributed by atoms with E-state index >= 15 is 0 Å². The van der Waals surface area contributed by atoms with E-state index in [0.29, 0.717) is 28.1 Å². The second-order valence-corrected chi connectivity index (χ2v) is 7.04. The van der Waals surface area contributed by atoms with Crippen LogP contribution in [0.2, 0.25) is 0 Å². The van der Waals surface area contributed by atoms with Crippen LogP contribution in [0.25, 0.3) is 22.3 Å². The van der Waals surface area contributed by atoms with Gasteiger partial charge in [0.25, 0.3) is 5.91 Å². The molecule has 2 aromatic carbocycles. The number of carbonyl (C=O) groups is 1. The third-order valence-electron chi connectivity index (χ3n) is 3.81. The molecule has 0 spiro atoms. The smallest absolute Gasteiger partial charge is 0.275 e. The Kier molecular flexibility index (Phi) is 4.40. The Morgan fingerprint density at radius 2 is 2.00 bits per heavy atom. The Bertz CT molecular complexity index is 1170. The molecule has 128 valence electrons. The molecule has 2 aromatic heterocycles. The normalized spacial score (nSPS) is 10.8. The maximum atomic E-state index is 12.6. The molecule has 0 saturated heterocycles. The third-order valence-corrected chi connectivity index (χ3v) is 5.09. The van der Waals surface area contributed by atoms with Crippen molar-refractivity contribution in [1.82, 2.24) is 4.98 Å². The summed E-state index contributed by atoms with van der Waals surface area (Å²) in [5, 5.41) is 4.82. The van der Waals surface area contributed by atoms with Gasteiger partial charge < -0.3 is 9.73 Å². The van der Waals surface area contributed by atoms with Crippen LogP contribution >= 0.6 is 27.3 Å². The number of para-hydroxylation sites is 1. The van der Waals surface area contributed by atoms with Crippen molar-refractivity contribution in [2.45, 2.75) is 0 Å². The van der Waals surface area contributed by atoms with E-state index in [0.717, 1.165) is 10.0 Å². The average Bonchev–Trinajstić information content (AvgIpc) is 3.17. The molecule has 0 fully saturated rings. The molecule has 0 atom stereocenters. The summed E-state index contributed by atoms with van der Waals surface area (Å²) in [6, 6.07) is 14.0. The SMILES string of the molecule is O=C(Nc1cccc2c(=O)cc(-c3ccccc3Br)oc12)c1cscn1. The molecule has 0 unspecified atom stereocenters. The number of hydrogen-bond donors (Lipinski definition) is 1. The predicted octanol–water partition coefficient (Wildman–Crippen LogP) is 4.93. The van der Waals surface area contributed by atoms with Gasteiger partial charge in [-0.1, -0.05) is 40.2 Å². The zero-order valence-electron chi connectivity index (χ0n) is 13.2. The molecule has 0 radical (unpaired) electrons. The number of nitrogens with zero attached hydrogens (tertiary/aromatic N) is 1. The molecule has 2 heterocycles. The van der Waals surface area contributed by atoms with E-state index in [9.17, 15) is 9.59 Å². The molecule has 4 rings (SSSR count). The number of hydrogen-bond acceptors (Lipinski definition) is 5. The van der Waals surface area contributed by atoms with E-state index in [2.05, 4.69) is 26.2 Å². The van der Waals surface area contributed by atoms with E-state index in [4.69, 9.17) is 4.42 Å². The van der Waals surface area contributed by atoms with Gasteiger partial charge in [-0.25, -0.2) is 4.98 Å². The maximum Gasteiger partial charge on any atom is 0.275 e. The number of amides is 1. The van der Waals surface area contributed by atoms with Crippen LogP contribution in [0.4, 0.5) is 5.69 Å². The van der Waals surface area contributed by atoms with E-state index in [1.807, 2.05) is 24.3 Å². The minimum atomic E-state index is -0.354. The quantitative estimate of drug-likeness (QED) is 0.503. The zero-order chi connectivity index (χ0) is 18.1. The highest BCUT2D eigenvalue weighted by molar-refractivity contribution is 9.10. The molecular weight excluding hydrogens is 416 g/mol. The summed E-state index contributed by atoms with van der Waals surface area (Å²) in [7, 11) is 0. The van der Waals surface area contributed by atoms with Crippen LogP contribution in [-0.4, -0.2) is 10.9 Å². The van der Waals surface area contributed by atoms with Gasteiger partial charge in [0, 0.05) is 21.5 Å². The van der Waals surface area contributed by atoms with Crippen molar-refractivity contribution in [2.75, 3.05) is 5.32 Å². The van der Waals surface area contributed by atoms with Crippen LogP contribution in [0.3, 0.4) is 0 Å². The summed E-state index contributed by atoms with van der Waals surface area (Å²) in [4.78, 5) is 28.9. The monoisotopic (exact) mass is 426 g/mol. The largest absolute Gasteiger partial charge is 0.454 e. The molecule has 0 saturated carbocycles. The van der Waals surface area contributed by atoms with Crippen LogP contribution in [0.1, 0.15) is 10.5 Å². The lowest BCUT2D eigenvalue weighted by Gasteiger charge is -2.09. The summed E-state index contributed by atoms with van der Waals surface area (Å²) in [6.45, 7) is 0. The summed E-state index contributed by atoms with van der Waals surface area (Å²) < 4.78 is 6.81. The minimum Gasteiger partial charge on any atom is -0.454 e. The van der Waals surface area contributed by atoms with Crippen molar-refractivity contribution in [3.8, 4) is 11.3 Å². The standard InChI is InChI=1S/C19H11BrN2O3S/c20-13-6-2-1-4-11(13)17-8-16(23)12-5-3-7-14(18(12)25-17)22-19(24)15-9-26-10-21-15/h1-10H,(H,22,24). The fourth-order valence-electron chi connectivity index (χ4n) is 2.58. The van der Waals surface area contributed by atoms with Crippen molar-refractivity contribution in [2.24, 2.45) is 0 Å². The number of anilines is 1. The molecule has 0 aliphatic carbocycles. The van der Waals surface area contributed by atoms with Crippen LogP contribution in [0.15, 0.2) is 73.1 Å². The van der Waals surface area contributed by atoms with Gasteiger partial charge in [-0.15, -0.1) is 11.3 Å². The molecule has 26 heavy (non-hydrogen) atoms. The molecule has 0 aliphatic rings. The predicted molar refractivity (Wildman–Crippen MR) is 106 cm³/mol. The second-order valence-electron chi connectivity index (χ2n) is 5.46. The first kappa shape index (κ1) is 16.7. The first-order valence-electron chi connectivity index (χ1n) is 7.65. The Hall–Kier alpha value is -2.77. The highest BCUT2D eigenvalue weighted by atomic mass is 79.9. The Morgan fingerprint density at radius 3 is 2.77 bits per heavy atom. The average molecular weight is 427 g/mol. The maximum absolute atomic E-state index is 12.6. The minimum absolute atomic E-state index is 0.179. The molecule has 0 aliphatic heterocycles. The first-order valence-corrected chi connectivity index (χ1v) is 9.38. The number of carbonyl (C=O) groups excluding carboxylic acids is 1. The lowest BCUT2D eigenvalue weighted by molar-refractivity contribution is 0.102. The Labute approximate surface area is 160 Å². The highest BCUT2D eigenvalue weighted by Gasteiger charge is 2.15. The van der Waals surface area contributed by atoms with Crippen LogP contribution in [0.5, 0.6) is 0 Å². The number of nitrogens with one attached hydrogen (secondary N) is 1. The summed E-state index contributed by atoms with van der Waals surface area (Å²) >= 11 is 4.80. The van der Waals surface area contributed by atoms with Crippen molar-refractivity contribution in [3.05, 3.63) is 79.8 Å². The van der Waals surface area contributed by atoms with Crippen molar-refractivity contribution in [1.29, 1.82) is 0 Å². The second kappa shape index (κ2) is 6.86. The van der Waals surface area contributed by atoms with Crippen LogP contribution in [0, 0.1) is 0 Å². The first-order chi connectivity index (χ1) is 12.6. The fraction of sp³-hybridized carbons (Fsp3) is 0. The lowest BCUT2D eigenvalue weighted by Crippen LogP contribution is -2.13. The number of rotatable bonds is 3. The molecule has 5 nitrogen and oxygen atoms in total. The van der Waals surface area contributed by atoms with Crippen molar-refractivity contribution >= 4 is 49.8 Å². The molecule has 0 bridgehead atoms. The topological polar surface area (TPSA) is 72.2 Å². The van der Waals surface area contributed by atoms with Gasteiger partial charge in [0.15, 0.2) is 11.0 Å². The summed E-state index contributed by atoms with van der Waals surface area (Å²) in [5.41, 5.74) is 3.23. The molecule has 4 aromatic rings. The van der Waals surface area contributed by atoms with Gasteiger partial charge in [-0.05, 0) is 18.2 Å². The van der Waals surface area contributed by atoms with Gasteiger partial charge in [-0.3, -0.25) is 9.59 Å². The Morgan fingerprint density at radius 1 is 1.15 bits per heavy atom. The van der Waals surface area contributed by atoms with Gasteiger partial charge in [0.2, 0.25) is 0 Å². The number of fused-ring (bicyclic) bond motifs is 1. The lowest BCUT2D eigenvalue weighted by atomic mass is 10.1. The number of aromatic nitrogens is 1. The van der Waals surface area contributed by atoms with E-state index in [1.165, 1.54) is 17.4 Å². The number of halogens is 1. The fourth-order valence-corrected chi connectivity index (χ4v) is 3.59. The summed E-state index contributed by atoms with van der Waals surface area (Å²) in [6.07, 6.45) is 0. The molecule has 1 N–H and O–H groups in total. The van der Waals surface area contributed by atoms with E-state index < -0.39 is 0 Å². The Balaban J connectivity index is 1.86.